The Morgan fingerprint density at radius 3 is 2.71 bits per heavy atom. The van der Waals surface area contributed by atoms with E-state index in [1.165, 1.54) is 25.3 Å². The Labute approximate surface area is 105 Å². The van der Waals surface area contributed by atoms with E-state index in [1.54, 1.807) is 6.92 Å². The third kappa shape index (κ3) is 3.57. The molecule has 17 heavy (non-hydrogen) atoms. The predicted molar refractivity (Wildman–Crippen MR) is 64.9 cm³/mol. The van der Waals surface area contributed by atoms with E-state index in [9.17, 15) is 8.42 Å². The highest BCUT2D eigenvalue weighted by molar-refractivity contribution is 7.89. The van der Waals surface area contributed by atoms with Crippen LogP contribution in [0.2, 0.25) is 5.02 Å². The number of hydrogen-bond acceptors (Lipinski definition) is 4. The topological polar surface area (TPSA) is 75.6 Å². The Morgan fingerprint density at radius 1 is 1.53 bits per heavy atom. The number of aliphatic hydroxyl groups excluding tert-OH is 1. The van der Waals surface area contributed by atoms with Crippen molar-refractivity contribution in [2.24, 2.45) is 0 Å². The largest absolute Gasteiger partial charge is 0.495 e. The molecule has 7 heteroatoms. The summed E-state index contributed by atoms with van der Waals surface area (Å²) in [5, 5.41) is 9.14. The summed E-state index contributed by atoms with van der Waals surface area (Å²) in [5.41, 5.74) is 0. The lowest BCUT2D eigenvalue weighted by molar-refractivity contribution is 0.265. The molecule has 96 valence electrons. The van der Waals surface area contributed by atoms with E-state index in [2.05, 4.69) is 4.72 Å². The number of halogens is 1. The van der Waals surface area contributed by atoms with Crippen molar-refractivity contribution < 1.29 is 18.3 Å². The first kappa shape index (κ1) is 14.2. The Kier molecular flexibility index (Phi) is 4.76. The van der Waals surface area contributed by atoms with Crippen LogP contribution in [0, 0.1) is 0 Å². The lowest BCUT2D eigenvalue weighted by atomic mass is 10.3. The Bertz CT molecular complexity index is 489. The van der Waals surface area contributed by atoms with E-state index >= 15 is 0 Å². The summed E-state index contributed by atoms with van der Waals surface area (Å²) in [6, 6.07) is 3.73. The first-order valence-corrected chi connectivity index (χ1v) is 6.73. The molecule has 1 aromatic rings. The van der Waals surface area contributed by atoms with Gasteiger partial charge in [0.15, 0.2) is 0 Å². The molecule has 0 unspecified atom stereocenters. The van der Waals surface area contributed by atoms with Gasteiger partial charge >= 0.3 is 0 Å². The summed E-state index contributed by atoms with van der Waals surface area (Å²) >= 11 is 5.75. The number of hydrogen-bond donors (Lipinski definition) is 2. The normalized spacial score (nSPS) is 13.4. The highest BCUT2D eigenvalue weighted by Crippen LogP contribution is 2.26. The standard InChI is InChI=1S/C10H14ClNO4S/c1-7(6-13)12-17(14,15)10-5-8(11)3-4-9(10)16-2/h3-5,7,12-13H,6H2,1-2H3/t7-/m0/s1. The second kappa shape index (κ2) is 5.68. The summed E-state index contributed by atoms with van der Waals surface area (Å²) in [7, 11) is -2.38. The Balaban J connectivity index is 3.18. The van der Waals surface area contributed by atoms with Crippen molar-refractivity contribution in [2.45, 2.75) is 17.9 Å². The van der Waals surface area contributed by atoms with Gasteiger partial charge in [-0.2, -0.15) is 0 Å². The molecule has 0 bridgehead atoms. The molecule has 0 saturated carbocycles. The molecule has 0 radical (unpaired) electrons. The highest BCUT2D eigenvalue weighted by atomic mass is 35.5. The van der Waals surface area contributed by atoms with Crippen molar-refractivity contribution in [1.29, 1.82) is 0 Å². The minimum Gasteiger partial charge on any atom is -0.495 e. The molecule has 1 aromatic carbocycles. The number of nitrogens with one attached hydrogen (secondary N) is 1. The van der Waals surface area contributed by atoms with Gasteiger partial charge < -0.3 is 9.84 Å². The summed E-state index contributed by atoms with van der Waals surface area (Å²) < 4.78 is 31.2. The number of ether oxygens (including phenoxy) is 1. The molecule has 1 rings (SSSR count). The van der Waals surface area contributed by atoms with Crippen LogP contribution in [-0.4, -0.2) is 33.3 Å². The molecule has 0 aliphatic rings. The van der Waals surface area contributed by atoms with Crippen LogP contribution in [-0.2, 0) is 10.0 Å². The number of aliphatic hydroxyl groups is 1. The summed E-state index contributed by atoms with van der Waals surface area (Å²) in [4.78, 5) is -0.0483. The monoisotopic (exact) mass is 279 g/mol. The maximum Gasteiger partial charge on any atom is 0.244 e. The molecule has 0 spiro atoms. The lowest BCUT2D eigenvalue weighted by Gasteiger charge is -2.14. The van der Waals surface area contributed by atoms with E-state index in [4.69, 9.17) is 21.4 Å². The van der Waals surface area contributed by atoms with Crippen molar-refractivity contribution in [3.05, 3.63) is 23.2 Å². The maximum absolute atomic E-state index is 12.0. The molecule has 0 aliphatic heterocycles. The fourth-order valence-electron chi connectivity index (χ4n) is 1.23. The van der Waals surface area contributed by atoms with Crippen LogP contribution in [0.4, 0.5) is 0 Å². The zero-order valence-electron chi connectivity index (χ0n) is 9.47. The zero-order chi connectivity index (χ0) is 13.1. The first-order chi connectivity index (χ1) is 7.90. The number of sulfonamides is 1. The SMILES string of the molecule is COc1ccc(Cl)cc1S(=O)(=O)N[C@@H](C)CO. The molecule has 0 aliphatic carbocycles. The van der Waals surface area contributed by atoms with Gasteiger partial charge in [0.05, 0.1) is 13.7 Å². The van der Waals surface area contributed by atoms with Gasteiger partial charge in [-0.15, -0.1) is 0 Å². The minimum absolute atomic E-state index is 0.0483. The van der Waals surface area contributed by atoms with E-state index < -0.39 is 16.1 Å². The van der Waals surface area contributed by atoms with Crippen molar-refractivity contribution in [3.63, 3.8) is 0 Å². The van der Waals surface area contributed by atoms with Crippen molar-refractivity contribution in [2.75, 3.05) is 13.7 Å². The van der Waals surface area contributed by atoms with Crippen LogP contribution < -0.4 is 9.46 Å². The van der Waals surface area contributed by atoms with Crippen LogP contribution in [0.1, 0.15) is 6.92 Å². The number of benzene rings is 1. The summed E-state index contributed by atoms with van der Waals surface area (Å²) in [6.45, 7) is 1.26. The fourth-order valence-corrected chi connectivity index (χ4v) is 2.89. The van der Waals surface area contributed by atoms with E-state index in [0.717, 1.165) is 0 Å². The average Bonchev–Trinajstić information content (AvgIpc) is 2.28. The molecule has 0 saturated heterocycles. The average molecular weight is 280 g/mol. The van der Waals surface area contributed by atoms with E-state index in [1.807, 2.05) is 0 Å². The summed E-state index contributed by atoms with van der Waals surface area (Å²) in [5.74, 6) is 0.201. The molecule has 1 atom stereocenters. The van der Waals surface area contributed by atoms with E-state index in [0.29, 0.717) is 5.02 Å². The maximum atomic E-state index is 12.0. The second-order valence-electron chi connectivity index (χ2n) is 3.50. The Hall–Kier alpha value is -0.820. The van der Waals surface area contributed by atoms with Crippen LogP contribution in [0.5, 0.6) is 5.75 Å². The van der Waals surface area contributed by atoms with Gasteiger partial charge in [-0.1, -0.05) is 11.6 Å². The van der Waals surface area contributed by atoms with Crippen molar-refractivity contribution >= 4 is 21.6 Å². The number of rotatable bonds is 5. The molecular weight excluding hydrogens is 266 g/mol. The van der Waals surface area contributed by atoms with Gasteiger partial charge in [-0.05, 0) is 25.1 Å². The zero-order valence-corrected chi connectivity index (χ0v) is 11.0. The molecule has 0 fully saturated rings. The molecular formula is C10H14ClNO4S. The van der Waals surface area contributed by atoms with E-state index in [-0.39, 0.29) is 17.3 Å². The van der Waals surface area contributed by atoms with Crippen molar-refractivity contribution in [1.82, 2.24) is 4.72 Å². The fraction of sp³-hybridized carbons (Fsp3) is 0.400. The quantitative estimate of drug-likeness (QED) is 0.843. The highest BCUT2D eigenvalue weighted by Gasteiger charge is 2.21. The summed E-state index contributed by atoms with van der Waals surface area (Å²) in [6.07, 6.45) is 0. The third-order valence-corrected chi connectivity index (χ3v) is 3.89. The van der Waals surface area contributed by atoms with Gasteiger partial charge in [-0.3, -0.25) is 0 Å². The van der Waals surface area contributed by atoms with Gasteiger partial charge in [0.1, 0.15) is 10.6 Å². The van der Waals surface area contributed by atoms with Gasteiger partial charge in [0, 0.05) is 11.1 Å². The lowest BCUT2D eigenvalue weighted by Crippen LogP contribution is -2.35. The Morgan fingerprint density at radius 2 is 2.18 bits per heavy atom. The van der Waals surface area contributed by atoms with Crippen LogP contribution in [0.15, 0.2) is 23.1 Å². The van der Waals surface area contributed by atoms with Gasteiger partial charge in [0.25, 0.3) is 0 Å². The molecule has 0 aromatic heterocycles. The van der Waals surface area contributed by atoms with Gasteiger partial charge in [0.2, 0.25) is 10.0 Å². The minimum atomic E-state index is -3.76. The number of methoxy groups -OCH3 is 1. The predicted octanol–water partition coefficient (Wildman–Crippen LogP) is 1.01. The molecule has 2 N–H and O–H groups in total. The smallest absolute Gasteiger partial charge is 0.244 e. The first-order valence-electron chi connectivity index (χ1n) is 4.87. The van der Waals surface area contributed by atoms with Crippen LogP contribution in [0.3, 0.4) is 0 Å². The van der Waals surface area contributed by atoms with Crippen LogP contribution in [0.25, 0.3) is 0 Å². The van der Waals surface area contributed by atoms with Crippen LogP contribution >= 0.6 is 11.6 Å². The molecule has 5 nitrogen and oxygen atoms in total. The second-order valence-corrected chi connectivity index (χ2v) is 5.62. The van der Waals surface area contributed by atoms with Gasteiger partial charge in [-0.25, -0.2) is 13.1 Å². The third-order valence-electron chi connectivity index (χ3n) is 2.05. The van der Waals surface area contributed by atoms with Crippen molar-refractivity contribution in [3.8, 4) is 5.75 Å². The molecule has 0 amide bonds. The molecule has 0 heterocycles.